The molecule has 0 aromatic carbocycles. The van der Waals surface area contributed by atoms with E-state index in [1.807, 2.05) is 6.92 Å². The number of halogens is 1. The Bertz CT molecular complexity index is 141. The van der Waals surface area contributed by atoms with Gasteiger partial charge in [0.05, 0.1) is 13.2 Å². The molecule has 4 nitrogen and oxygen atoms in total. The Kier molecular flexibility index (Phi) is 8.38. The van der Waals surface area contributed by atoms with Crippen LogP contribution in [-0.2, 0) is 14.3 Å². The Hall–Kier alpha value is -0.130. The fraction of sp³-hybridized carbons (Fsp3) is 0.875. The molecule has 0 radical (unpaired) electrons. The van der Waals surface area contributed by atoms with Gasteiger partial charge in [0.1, 0.15) is 6.61 Å². The predicted molar refractivity (Wildman–Crippen MR) is 54.1 cm³/mol. The number of ether oxygens (including phenoxy) is 2. The first kappa shape index (κ1) is 12.9. The first-order chi connectivity index (χ1) is 6.16. The van der Waals surface area contributed by atoms with E-state index in [2.05, 4.69) is 21.2 Å². The fourth-order valence-electron chi connectivity index (χ4n) is 0.613. The first-order valence-corrected chi connectivity index (χ1v) is 5.05. The molecule has 0 saturated heterocycles. The third-order valence-electron chi connectivity index (χ3n) is 1.25. The lowest BCUT2D eigenvalue weighted by Crippen LogP contribution is -2.31. The van der Waals surface area contributed by atoms with Gasteiger partial charge < -0.3 is 14.8 Å². The van der Waals surface area contributed by atoms with Crippen molar-refractivity contribution in [1.82, 2.24) is 5.32 Å². The number of amides is 1. The van der Waals surface area contributed by atoms with E-state index >= 15 is 0 Å². The van der Waals surface area contributed by atoms with Crippen LogP contribution in [-0.4, -0.2) is 44.2 Å². The molecule has 1 atom stereocenters. The summed E-state index contributed by atoms with van der Waals surface area (Å²) < 4.78 is 9.77. The largest absolute Gasteiger partial charge is 0.382 e. The van der Waals surface area contributed by atoms with E-state index in [-0.39, 0.29) is 17.3 Å². The Balaban J connectivity index is 3.20. The maximum atomic E-state index is 11.0. The highest BCUT2D eigenvalue weighted by Crippen LogP contribution is 1.93. The van der Waals surface area contributed by atoms with Gasteiger partial charge in [-0.1, -0.05) is 22.9 Å². The minimum Gasteiger partial charge on any atom is -0.382 e. The summed E-state index contributed by atoms with van der Waals surface area (Å²) in [5, 5.41) is 2.71. The normalized spacial score (nSPS) is 12.5. The summed E-state index contributed by atoms with van der Waals surface area (Å²) in [6.07, 6.45) is 0. The van der Waals surface area contributed by atoms with E-state index in [4.69, 9.17) is 9.47 Å². The van der Waals surface area contributed by atoms with Gasteiger partial charge in [0.15, 0.2) is 0 Å². The Labute approximate surface area is 87.1 Å². The van der Waals surface area contributed by atoms with Gasteiger partial charge in [0.25, 0.3) is 0 Å². The molecule has 13 heavy (non-hydrogen) atoms. The minimum atomic E-state index is -0.0950. The van der Waals surface area contributed by atoms with Crippen molar-refractivity contribution in [3.8, 4) is 0 Å². The Morgan fingerprint density at radius 2 is 2.23 bits per heavy atom. The first-order valence-electron chi connectivity index (χ1n) is 4.14. The highest BCUT2D eigenvalue weighted by atomic mass is 79.9. The maximum absolute atomic E-state index is 11.0. The zero-order valence-corrected chi connectivity index (χ0v) is 9.59. The van der Waals surface area contributed by atoms with Gasteiger partial charge >= 0.3 is 0 Å². The maximum Gasteiger partial charge on any atom is 0.246 e. The molecule has 0 aliphatic heterocycles. The molecule has 1 unspecified atom stereocenters. The van der Waals surface area contributed by atoms with Crippen LogP contribution in [0.1, 0.15) is 6.92 Å². The fourth-order valence-corrected chi connectivity index (χ4v) is 0.774. The third kappa shape index (κ3) is 9.79. The van der Waals surface area contributed by atoms with E-state index in [1.165, 1.54) is 0 Å². The molecule has 1 amide bonds. The van der Waals surface area contributed by atoms with Crippen LogP contribution in [0, 0.1) is 0 Å². The van der Waals surface area contributed by atoms with Gasteiger partial charge in [0.2, 0.25) is 5.91 Å². The van der Waals surface area contributed by atoms with Crippen LogP contribution >= 0.6 is 15.9 Å². The SMILES string of the molecule is COCCOCC(=O)NCC(C)Br. The third-order valence-corrected chi connectivity index (χ3v) is 1.57. The average molecular weight is 254 g/mol. The minimum absolute atomic E-state index is 0.0950. The van der Waals surface area contributed by atoms with Crippen LogP contribution < -0.4 is 5.32 Å². The highest BCUT2D eigenvalue weighted by molar-refractivity contribution is 9.09. The van der Waals surface area contributed by atoms with E-state index in [9.17, 15) is 4.79 Å². The molecular weight excluding hydrogens is 238 g/mol. The van der Waals surface area contributed by atoms with Crippen molar-refractivity contribution in [2.75, 3.05) is 33.5 Å². The number of hydrogen-bond donors (Lipinski definition) is 1. The highest BCUT2D eigenvalue weighted by Gasteiger charge is 2.02. The van der Waals surface area contributed by atoms with Crippen molar-refractivity contribution in [3.05, 3.63) is 0 Å². The number of hydrogen-bond acceptors (Lipinski definition) is 3. The molecule has 0 aliphatic rings. The van der Waals surface area contributed by atoms with Gasteiger partial charge in [-0.3, -0.25) is 4.79 Å². The Morgan fingerprint density at radius 3 is 2.77 bits per heavy atom. The summed E-state index contributed by atoms with van der Waals surface area (Å²) in [4.78, 5) is 11.3. The summed E-state index contributed by atoms with van der Waals surface area (Å²) in [6.45, 7) is 3.65. The number of carbonyl (C=O) groups is 1. The van der Waals surface area contributed by atoms with Crippen LogP contribution in [0.25, 0.3) is 0 Å². The van der Waals surface area contributed by atoms with E-state index < -0.39 is 0 Å². The second kappa shape index (κ2) is 8.47. The van der Waals surface area contributed by atoms with Crippen LogP contribution in [0.5, 0.6) is 0 Å². The van der Waals surface area contributed by atoms with Crippen molar-refractivity contribution in [3.63, 3.8) is 0 Å². The second-order valence-corrected chi connectivity index (χ2v) is 4.19. The number of methoxy groups -OCH3 is 1. The molecule has 78 valence electrons. The van der Waals surface area contributed by atoms with Gasteiger partial charge in [0, 0.05) is 18.5 Å². The summed E-state index contributed by atoms with van der Waals surface area (Å²) in [5.41, 5.74) is 0. The van der Waals surface area contributed by atoms with Crippen molar-refractivity contribution in [1.29, 1.82) is 0 Å². The van der Waals surface area contributed by atoms with Crippen LogP contribution in [0.2, 0.25) is 0 Å². The summed E-state index contributed by atoms with van der Waals surface area (Å²) in [5.74, 6) is -0.0950. The molecule has 0 aromatic rings. The molecule has 0 aromatic heterocycles. The molecule has 0 rings (SSSR count). The van der Waals surface area contributed by atoms with Gasteiger partial charge in [-0.25, -0.2) is 0 Å². The van der Waals surface area contributed by atoms with E-state index in [0.717, 1.165) is 0 Å². The second-order valence-electron chi connectivity index (χ2n) is 2.63. The molecule has 1 N–H and O–H groups in total. The quantitative estimate of drug-likeness (QED) is 0.533. The topological polar surface area (TPSA) is 47.6 Å². The predicted octanol–water partition coefficient (Wildman–Crippen LogP) is 0.549. The molecule has 0 heterocycles. The van der Waals surface area contributed by atoms with Gasteiger partial charge in [-0.2, -0.15) is 0 Å². The lowest BCUT2D eigenvalue weighted by Gasteiger charge is -2.06. The van der Waals surface area contributed by atoms with Crippen molar-refractivity contribution in [2.45, 2.75) is 11.8 Å². The number of nitrogens with one attached hydrogen (secondary N) is 1. The van der Waals surface area contributed by atoms with Crippen LogP contribution in [0.4, 0.5) is 0 Å². The van der Waals surface area contributed by atoms with Crippen molar-refractivity contribution < 1.29 is 14.3 Å². The molecule has 5 heteroatoms. The van der Waals surface area contributed by atoms with E-state index in [1.54, 1.807) is 7.11 Å². The van der Waals surface area contributed by atoms with Gasteiger partial charge in [-0.05, 0) is 0 Å². The van der Waals surface area contributed by atoms with E-state index in [0.29, 0.717) is 19.8 Å². The zero-order chi connectivity index (χ0) is 10.1. The standard InChI is InChI=1S/C8H16BrNO3/c1-7(9)5-10-8(11)6-13-4-3-12-2/h7H,3-6H2,1-2H3,(H,10,11). The summed E-state index contributed by atoms with van der Waals surface area (Å²) >= 11 is 3.32. The zero-order valence-electron chi connectivity index (χ0n) is 8.01. The average Bonchev–Trinajstić information content (AvgIpc) is 2.09. The molecule has 0 bridgehead atoms. The molecule has 0 saturated carbocycles. The van der Waals surface area contributed by atoms with Crippen LogP contribution in [0.15, 0.2) is 0 Å². The number of rotatable bonds is 7. The molecule has 0 fully saturated rings. The van der Waals surface area contributed by atoms with Crippen molar-refractivity contribution >= 4 is 21.8 Å². The van der Waals surface area contributed by atoms with Gasteiger partial charge in [-0.15, -0.1) is 0 Å². The smallest absolute Gasteiger partial charge is 0.246 e. The number of carbonyl (C=O) groups excluding carboxylic acids is 1. The Morgan fingerprint density at radius 1 is 1.54 bits per heavy atom. The summed E-state index contributed by atoms with van der Waals surface area (Å²) in [6, 6.07) is 0. The monoisotopic (exact) mass is 253 g/mol. The van der Waals surface area contributed by atoms with Crippen LogP contribution in [0.3, 0.4) is 0 Å². The lowest BCUT2D eigenvalue weighted by atomic mass is 10.4. The number of alkyl halides is 1. The molecule has 0 spiro atoms. The lowest BCUT2D eigenvalue weighted by molar-refractivity contribution is -0.126. The summed E-state index contributed by atoms with van der Waals surface area (Å²) in [7, 11) is 1.59. The van der Waals surface area contributed by atoms with Crippen molar-refractivity contribution in [2.24, 2.45) is 0 Å². The molecular formula is C8H16BrNO3. The molecule has 0 aliphatic carbocycles.